The second-order valence-electron chi connectivity index (χ2n) is 6.19. The Labute approximate surface area is 125 Å². The van der Waals surface area contributed by atoms with Gasteiger partial charge in [-0.2, -0.15) is 0 Å². The number of aliphatic hydroxyl groups excluding tert-OH is 1. The minimum Gasteiger partial charge on any atom is -0.485 e. The lowest BCUT2D eigenvalue weighted by molar-refractivity contribution is -0.0659. The fraction of sp³-hybridized carbons (Fsp3) is 0.562. The zero-order valence-corrected chi connectivity index (χ0v) is 13.1. The number of methoxy groups -OCH3 is 1. The molecule has 0 saturated carbocycles. The number of hydrogen-bond acceptors (Lipinski definition) is 5. The van der Waals surface area contributed by atoms with Crippen LogP contribution in [0.5, 0.6) is 5.75 Å². The van der Waals surface area contributed by atoms with Crippen molar-refractivity contribution in [3.8, 4) is 5.75 Å². The van der Waals surface area contributed by atoms with Crippen LogP contribution >= 0.6 is 0 Å². The van der Waals surface area contributed by atoms with Crippen LogP contribution in [0.15, 0.2) is 18.2 Å². The van der Waals surface area contributed by atoms with Crippen molar-refractivity contribution in [1.82, 2.24) is 5.32 Å². The van der Waals surface area contributed by atoms with E-state index in [0.29, 0.717) is 11.3 Å². The van der Waals surface area contributed by atoms with E-state index >= 15 is 0 Å². The molecule has 0 unspecified atom stereocenters. The number of benzene rings is 1. The summed E-state index contributed by atoms with van der Waals surface area (Å²) < 4.78 is 10.6. The summed E-state index contributed by atoms with van der Waals surface area (Å²) in [6.07, 6.45) is -0.722. The fourth-order valence-electron chi connectivity index (χ4n) is 2.58. The van der Waals surface area contributed by atoms with E-state index in [0.717, 1.165) is 5.56 Å². The van der Waals surface area contributed by atoms with Crippen LogP contribution in [-0.4, -0.2) is 35.9 Å². The first-order chi connectivity index (χ1) is 9.76. The quantitative estimate of drug-likeness (QED) is 0.835. The third-order valence-corrected chi connectivity index (χ3v) is 3.68. The summed E-state index contributed by atoms with van der Waals surface area (Å²) in [5, 5.41) is 13.9. The average molecular weight is 293 g/mol. The molecule has 1 aliphatic heterocycles. The maximum atomic E-state index is 11.7. The van der Waals surface area contributed by atoms with Crippen molar-refractivity contribution < 1.29 is 19.4 Å². The van der Waals surface area contributed by atoms with Crippen LogP contribution in [0, 0.1) is 0 Å². The number of fused-ring (bicyclic) bond motifs is 1. The highest BCUT2D eigenvalue weighted by atomic mass is 16.5. The van der Waals surface area contributed by atoms with Gasteiger partial charge in [-0.15, -0.1) is 0 Å². The molecule has 0 bridgehead atoms. The van der Waals surface area contributed by atoms with Gasteiger partial charge in [0.1, 0.15) is 17.5 Å². The molecular weight excluding hydrogens is 270 g/mol. The van der Waals surface area contributed by atoms with Crippen molar-refractivity contribution in [3.05, 3.63) is 29.3 Å². The summed E-state index contributed by atoms with van der Waals surface area (Å²) in [5.41, 5.74) is 0.521. The van der Waals surface area contributed by atoms with E-state index in [9.17, 15) is 9.90 Å². The number of esters is 1. The van der Waals surface area contributed by atoms with Gasteiger partial charge in [-0.3, -0.25) is 0 Å². The van der Waals surface area contributed by atoms with Gasteiger partial charge in [0.05, 0.1) is 18.7 Å². The lowest BCUT2D eigenvalue weighted by Gasteiger charge is -2.43. The molecule has 5 heteroatoms. The molecule has 0 saturated heterocycles. The van der Waals surface area contributed by atoms with Gasteiger partial charge in [-0.1, -0.05) is 13.8 Å². The van der Waals surface area contributed by atoms with Crippen molar-refractivity contribution in [2.24, 2.45) is 0 Å². The smallest absolute Gasteiger partial charge is 0.337 e. The molecule has 1 aromatic rings. The second kappa shape index (κ2) is 5.66. The number of rotatable bonds is 3. The van der Waals surface area contributed by atoms with Crippen LogP contribution in [0.2, 0.25) is 0 Å². The largest absolute Gasteiger partial charge is 0.485 e. The maximum Gasteiger partial charge on any atom is 0.337 e. The van der Waals surface area contributed by atoms with Crippen LogP contribution in [0.1, 0.15) is 49.7 Å². The van der Waals surface area contributed by atoms with Crippen LogP contribution in [0.25, 0.3) is 0 Å². The number of ether oxygens (including phenoxy) is 2. The highest BCUT2D eigenvalue weighted by molar-refractivity contribution is 5.89. The molecule has 1 aromatic carbocycles. The molecule has 0 amide bonds. The van der Waals surface area contributed by atoms with E-state index in [4.69, 9.17) is 9.47 Å². The summed E-state index contributed by atoms with van der Waals surface area (Å²) in [6, 6.07) is 5.04. The highest BCUT2D eigenvalue weighted by Gasteiger charge is 2.43. The Morgan fingerprint density at radius 2 is 2.10 bits per heavy atom. The van der Waals surface area contributed by atoms with E-state index in [2.05, 4.69) is 5.32 Å². The number of hydrogen-bond donors (Lipinski definition) is 2. The Morgan fingerprint density at radius 1 is 1.43 bits per heavy atom. The van der Waals surface area contributed by atoms with Gasteiger partial charge in [0, 0.05) is 11.6 Å². The van der Waals surface area contributed by atoms with Gasteiger partial charge < -0.3 is 19.9 Å². The number of carbonyl (C=O) groups is 1. The topological polar surface area (TPSA) is 67.8 Å². The third-order valence-electron chi connectivity index (χ3n) is 3.68. The van der Waals surface area contributed by atoms with Gasteiger partial charge in [0.25, 0.3) is 0 Å². The lowest BCUT2D eigenvalue weighted by Crippen LogP contribution is -2.53. The summed E-state index contributed by atoms with van der Waals surface area (Å²) in [4.78, 5) is 11.7. The lowest BCUT2D eigenvalue weighted by atomic mass is 9.85. The first-order valence-corrected chi connectivity index (χ1v) is 7.11. The first kappa shape index (κ1) is 15.8. The minimum absolute atomic E-state index is 0.188. The van der Waals surface area contributed by atoms with Crippen LogP contribution in [-0.2, 0) is 4.74 Å². The van der Waals surface area contributed by atoms with Crippen molar-refractivity contribution >= 4 is 5.97 Å². The summed E-state index contributed by atoms with van der Waals surface area (Å²) in [7, 11) is 1.35. The molecule has 2 rings (SSSR count). The van der Waals surface area contributed by atoms with Crippen LogP contribution in [0.3, 0.4) is 0 Å². The van der Waals surface area contributed by atoms with Crippen molar-refractivity contribution in [3.63, 3.8) is 0 Å². The zero-order valence-electron chi connectivity index (χ0n) is 13.1. The van der Waals surface area contributed by atoms with Gasteiger partial charge in [0.2, 0.25) is 0 Å². The Hall–Kier alpha value is -1.59. The first-order valence-electron chi connectivity index (χ1n) is 7.11. The molecular formula is C16H23NO4. The van der Waals surface area contributed by atoms with Crippen molar-refractivity contribution in [1.29, 1.82) is 0 Å². The molecule has 0 radical (unpaired) electrons. The van der Waals surface area contributed by atoms with Crippen LogP contribution < -0.4 is 10.1 Å². The SMILES string of the molecule is COC(=O)c1ccc2c(c1)[C@@H](NC(C)C)[C@H](O)C(C)(C)O2. The third kappa shape index (κ3) is 3.04. The molecule has 0 spiro atoms. The molecule has 5 nitrogen and oxygen atoms in total. The van der Waals surface area contributed by atoms with E-state index in [-0.39, 0.29) is 12.1 Å². The molecule has 1 aliphatic rings. The summed E-state index contributed by atoms with van der Waals surface area (Å²) in [6.45, 7) is 7.73. The Balaban J connectivity index is 2.48. The Kier molecular flexibility index (Phi) is 4.25. The van der Waals surface area contributed by atoms with Gasteiger partial charge in [0.15, 0.2) is 0 Å². The molecule has 116 valence electrons. The number of aliphatic hydroxyl groups is 1. The molecule has 0 aliphatic carbocycles. The average Bonchev–Trinajstić information content (AvgIpc) is 2.42. The molecule has 1 heterocycles. The predicted octanol–water partition coefficient (Wildman–Crippen LogP) is 2.04. The predicted molar refractivity (Wildman–Crippen MR) is 79.5 cm³/mol. The fourth-order valence-corrected chi connectivity index (χ4v) is 2.58. The standard InChI is InChI=1S/C16H23NO4/c1-9(2)17-13-11-8-10(15(19)20-5)6-7-12(11)21-16(3,4)14(13)18/h6-9,13-14,17-18H,1-5H3/t13-,14+/m1/s1. The maximum absolute atomic E-state index is 11.7. The van der Waals surface area contributed by atoms with Gasteiger partial charge in [-0.25, -0.2) is 4.79 Å². The summed E-state index contributed by atoms with van der Waals surface area (Å²) >= 11 is 0. The van der Waals surface area contributed by atoms with Gasteiger partial charge >= 0.3 is 5.97 Å². The second-order valence-corrected chi connectivity index (χ2v) is 6.19. The van der Waals surface area contributed by atoms with E-state index in [1.807, 2.05) is 27.7 Å². The Morgan fingerprint density at radius 3 is 2.67 bits per heavy atom. The monoisotopic (exact) mass is 293 g/mol. The number of nitrogens with one attached hydrogen (secondary N) is 1. The molecule has 2 N–H and O–H groups in total. The Bertz CT molecular complexity index is 539. The highest BCUT2D eigenvalue weighted by Crippen LogP contribution is 2.40. The minimum atomic E-state index is -0.722. The van der Waals surface area contributed by atoms with Crippen LogP contribution in [0.4, 0.5) is 0 Å². The van der Waals surface area contributed by atoms with E-state index in [1.165, 1.54) is 7.11 Å². The van der Waals surface area contributed by atoms with Crippen molar-refractivity contribution in [2.75, 3.05) is 7.11 Å². The number of carbonyl (C=O) groups excluding carboxylic acids is 1. The molecule has 0 fully saturated rings. The zero-order chi connectivity index (χ0) is 15.8. The van der Waals surface area contributed by atoms with E-state index in [1.54, 1.807) is 18.2 Å². The van der Waals surface area contributed by atoms with Gasteiger partial charge in [-0.05, 0) is 32.0 Å². The normalized spacial score (nSPS) is 23.4. The molecule has 0 aromatic heterocycles. The summed E-state index contributed by atoms with van der Waals surface area (Å²) in [5.74, 6) is 0.275. The van der Waals surface area contributed by atoms with Crippen molar-refractivity contribution in [2.45, 2.75) is 51.5 Å². The van der Waals surface area contributed by atoms with E-state index < -0.39 is 17.7 Å². The molecule has 2 atom stereocenters. The molecule has 21 heavy (non-hydrogen) atoms.